The highest BCUT2D eigenvalue weighted by Crippen LogP contribution is 2.22. The number of halogens is 1. The number of aryl methyl sites for hydroxylation is 1. The summed E-state index contributed by atoms with van der Waals surface area (Å²) in [6.45, 7) is 0.607. The Bertz CT molecular complexity index is 493. The molecule has 6 heteroatoms. The topological polar surface area (TPSA) is 50.3 Å². The van der Waals surface area contributed by atoms with Crippen LogP contribution in [0, 0.1) is 0 Å². The largest absolute Gasteiger partial charge is 0.265 e. The molecule has 1 aromatic heterocycles. The lowest BCUT2D eigenvalue weighted by Gasteiger charge is -2.33. The molecule has 19 heavy (non-hydrogen) atoms. The first-order valence-corrected chi connectivity index (χ1v) is 8.72. The molecule has 1 aliphatic heterocycles. The Morgan fingerprint density at radius 3 is 2.74 bits per heavy atom. The first kappa shape index (κ1) is 14.8. The van der Waals surface area contributed by atoms with E-state index in [1.165, 1.54) is 0 Å². The molecule has 0 saturated carbocycles. The Balaban J connectivity index is 2.01. The fourth-order valence-corrected chi connectivity index (χ4v) is 4.58. The van der Waals surface area contributed by atoms with Gasteiger partial charge < -0.3 is 0 Å². The summed E-state index contributed by atoms with van der Waals surface area (Å²) in [6, 6.07) is 3.67. The average Bonchev–Trinajstić information content (AvgIpc) is 2.46. The summed E-state index contributed by atoms with van der Waals surface area (Å²) < 4.78 is 26.4. The van der Waals surface area contributed by atoms with Crippen molar-refractivity contribution in [3.05, 3.63) is 30.1 Å². The number of nitrogens with zero attached hydrogens (tertiary/aromatic N) is 2. The molecule has 2 rings (SSSR count). The Kier molecular flexibility index (Phi) is 5.19. The van der Waals surface area contributed by atoms with Gasteiger partial charge in [-0.3, -0.25) is 4.98 Å². The van der Waals surface area contributed by atoms with Crippen molar-refractivity contribution in [3.8, 4) is 0 Å². The SMILES string of the molecule is O=S(=O)(CCc1ccncc1)N1CCCCC1CCl. The molecule has 0 aliphatic carbocycles. The van der Waals surface area contributed by atoms with Crippen molar-refractivity contribution in [1.82, 2.24) is 9.29 Å². The fourth-order valence-electron chi connectivity index (χ4n) is 2.41. The molecular formula is C13H19ClN2O2S. The summed E-state index contributed by atoms with van der Waals surface area (Å²) in [4.78, 5) is 3.93. The molecule has 106 valence electrons. The van der Waals surface area contributed by atoms with E-state index in [-0.39, 0.29) is 11.8 Å². The third-order valence-corrected chi connectivity index (χ3v) is 5.78. The standard InChI is InChI=1S/C13H19ClN2O2S/c14-11-13-3-1-2-9-16(13)19(17,18)10-6-12-4-7-15-8-5-12/h4-5,7-8,13H,1-3,6,9-11H2. The smallest absolute Gasteiger partial charge is 0.214 e. The maximum atomic E-state index is 12.4. The zero-order valence-corrected chi connectivity index (χ0v) is 12.4. The number of pyridine rings is 1. The predicted octanol–water partition coefficient (Wildman–Crippen LogP) is 2.05. The molecule has 1 atom stereocenters. The van der Waals surface area contributed by atoms with Gasteiger partial charge in [0.05, 0.1) is 5.75 Å². The molecule has 1 saturated heterocycles. The van der Waals surface area contributed by atoms with Crippen LogP contribution < -0.4 is 0 Å². The van der Waals surface area contributed by atoms with Crippen LogP contribution in [0.2, 0.25) is 0 Å². The predicted molar refractivity (Wildman–Crippen MR) is 76.8 cm³/mol. The molecule has 0 bridgehead atoms. The minimum atomic E-state index is -3.21. The van der Waals surface area contributed by atoms with E-state index in [4.69, 9.17) is 11.6 Å². The highest BCUT2D eigenvalue weighted by molar-refractivity contribution is 7.89. The zero-order chi connectivity index (χ0) is 13.7. The third kappa shape index (κ3) is 3.91. The number of alkyl halides is 1. The van der Waals surface area contributed by atoms with Gasteiger partial charge in [-0.1, -0.05) is 6.42 Å². The first-order valence-electron chi connectivity index (χ1n) is 6.58. The van der Waals surface area contributed by atoms with Gasteiger partial charge in [0, 0.05) is 30.9 Å². The molecule has 4 nitrogen and oxygen atoms in total. The van der Waals surface area contributed by atoms with Crippen molar-refractivity contribution in [2.75, 3.05) is 18.2 Å². The van der Waals surface area contributed by atoms with E-state index < -0.39 is 10.0 Å². The van der Waals surface area contributed by atoms with Crippen LogP contribution >= 0.6 is 11.6 Å². The molecule has 0 amide bonds. The van der Waals surface area contributed by atoms with Gasteiger partial charge in [-0.05, 0) is 37.0 Å². The minimum Gasteiger partial charge on any atom is -0.265 e. The number of rotatable bonds is 5. The molecule has 1 fully saturated rings. The summed E-state index contributed by atoms with van der Waals surface area (Å²) >= 11 is 5.88. The lowest BCUT2D eigenvalue weighted by atomic mass is 10.1. The highest BCUT2D eigenvalue weighted by atomic mass is 35.5. The number of hydrogen-bond acceptors (Lipinski definition) is 3. The van der Waals surface area contributed by atoms with E-state index in [2.05, 4.69) is 4.98 Å². The lowest BCUT2D eigenvalue weighted by Crippen LogP contribution is -2.45. The molecule has 1 aliphatic rings. The van der Waals surface area contributed by atoms with Gasteiger partial charge in [0.2, 0.25) is 10.0 Å². The van der Waals surface area contributed by atoms with Gasteiger partial charge in [0.25, 0.3) is 0 Å². The van der Waals surface area contributed by atoms with E-state index in [1.54, 1.807) is 16.7 Å². The van der Waals surface area contributed by atoms with E-state index in [9.17, 15) is 8.42 Å². The maximum Gasteiger partial charge on any atom is 0.214 e. The van der Waals surface area contributed by atoms with Crippen LogP contribution in [0.25, 0.3) is 0 Å². The number of sulfonamides is 1. The van der Waals surface area contributed by atoms with Crippen LogP contribution in [-0.2, 0) is 16.4 Å². The Morgan fingerprint density at radius 1 is 1.32 bits per heavy atom. The number of hydrogen-bond donors (Lipinski definition) is 0. The Morgan fingerprint density at radius 2 is 2.05 bits per heavy atom. The van der Waals surface area contributed by atoms with Gasteiger partial charge in [-0.25, -0.2) is 8.42 Å². The van der Waals surface area contributed by atoms with Crippen molar-refractivity contribution < 1.29 is 8.42 Å². The maximum absolute atomic E-state index is 12.4. The molecule has 0 aromatic carbocycles. The van der Waals surface area contributed by atoms with Crippen LogP contribution in [-0.4, -0.2) is 41.9 Å². The van der Waals surface area contributed by atoms with E-state index in [1.807, 2.05) is 12.1 Å². The van der Waals surface area contributed by atoms with Gasteiger partial charge in [0.1, 0.15) is 0 Å². The molecule has 1 aromatic rings. The van der Waals surface area contributed by atoms with Gasteiger partial charge in [-0.15, -0.1) is 11.6 Å². The minimum absolute atomic E-state index is 0.0298. The molecular weight excluding hydrogens is 284 g/mol. The first-order chi connectivity index (χ1) is 9.13. The molecule has 0 spiro atoms. The fraction of sp³-hybridized carbons (Fsp3) is 0.615. The molecule has 1 unspecified atom stereocenters. The van der Waals surface area contributed by atoms with Crippen molar-refractivity contribution >= 4 is 21.6 Å². The summed E-state index contributed by atoms with van der Waals surface area (Å²) in [6.07, 6.45) is 6.76. The quantitative estimate of drug-likeness (QED) is 0.782. The highest BCUT2D eigenvalue weighted by Gasteiger charge is 2.31. The van der Waals surface area contributed by atoms with Gasteiger partial charge in [-0.2, -0.15) is 4.31 Å². The van der Waals surface area contributed by atoms with Gasteiger partial charge in [0.15, 0.2) is 0 Å². The van der Waals surface area contributed by atoms with Crippen LogP contribution in [0.3, 0.4) is 0 Å². The summed E-state index contributed by atoms with van der Waals surface area (Å²) in [5, 5.41) is 0. The second-order valence-electron chi connectivity index (χ2n) is 4.84. The summed E-state index contributed by atoms with van der Waals surface area (Å²) in [7, 11) is -3.21. The molecule has 0 N–H and O–H groups in total. The van der Waals surface area contributed by atoms with Crippen molar-refractivity contribution in [2.24, 2.45) is 0 Å². The second-order valence-corrected chi connectivity index (χ2v) is 7.19. The van der Waals surface area contributed by atoms with Crippen LogP contribution in [0.1, 0.15) is 24.8 Å². The van der Waals surface area contributed by atoms with Crippen molar-refractivity contribution in [2.45, 2.75) is 31.7 Å². The van der Waals surface area contributed by atoms with Crippen LogP contribution in [0.5, 0.6) is 0 Å². The number of piperidine rings is 1. The van der Waals surface area contributed by atoms with E-state index in [0.717, 1.165) is 24.8 Å². The lowest BCUT2D eigenvalue weighted by molar-refractivity contribution is 0.271. The van der Waals surface area contributed by atoms with Crippen LogP contribution in [0.4, 0.5) is 0 Å². The van der Waals surface area contributed by atoms with Gasteiger partial charge >= 0.3 is 0 Å². The van der Waals surface area contributed by atoms with Crippen molar-refractivity contribution in [1.29, 1.82) is 0 Å². The Labute approximate surface area is 119 Å². The average molecular weight is 303 g/mol. The third-order valence-electron chi connectivity index (χ3n) is 3.51. The Hall–Kier alpha value is -0.650. The normalized spacial score (nSPS) is 21.4. The molecule has 2 heterocycles. The summed E-state index contributed by atoms with van der Waals surface area (Å²) in [5.74, 6) is 0.527. The second kappa shape index (κ2) is 6.68. The van der Waals surface area contributed by atoms with Crippen molar-refractivity contribution in [3.63, 3.8) is 0 Å². The summed E-state index contributed by atoms with van der Waals surface area (Å²) in [5.41, 5.74) is 0.998. The van der Waals surface area contributed by atoms with E-state index >= 15 is 0 Å². The monoisotopic (exact) mass is 302 g/mol. The van der Waals surface area contributed by atoms with E-state index in [0.29, 0.717) is 18.8 Å². The number of aromatic nitrogens is 1. The zero-order valence-electron chi connectivity index (χ0n) is 10.8. The van der Waals surface area contributed by atoms with Crippen LogP contribution in [0.15, 0.2) is 24.5 Å². The molecule has 0 radical (unpaired) electrons.